The molecule has 9 heteroatoms. The smallest absolute Gasteiger partial charge is 0.237 e. The Labute approximate surface area is 138 Å². The van der Waals surface area contributed by atoms with Crippen molar-refractivity contribution in [2.75, 3.05) is 23.4 Å². The van der Waals surface area contributed by atoms with Gasteiger partial charge in [0, 0.05) is 5.69 Å². The van der Waals surface area contributed by atoms with Gasteiger partial charge in [-0.15, -0.1) is 0 Å². The number of thioether (sulfide) groups is 1. The van der Waals surface area contributed by atoms with Gasteiger partial charge in [0.25, 0.3) is 0 Å². The van der Waals surface area contributed by atoms with Gasteiger partial charge in [0.05, 0.1) is 11.9 Å². The van der Waals surface area contributed by atoms with Crippen molar-refractivity contribution >= 4 is 35.3 Å². The Morgan fingerprint density at radius 2 is 1.83 bits per heavy atom. The highest BCUT2D eigenvalue weighted by molar-refractivity contribution is 8.00. The van der Waals surface area contributed by atoms with Gasteiger partial charge in [-0.2, -0.15) is 15.0 Å². The number of rotatable bonds is 6. The molecule has 8 nitrogen and oxygen atoms in total. The molecule has 0 saturated carbocycles. The van der Waals surface area contributed by atoms with Crippen LogP contribution >= 0.6 is 11.8 Å². The first kappa shape index (κ1) is 16.8. The quantitative estimate of drug-likeness (QED) is 0.679. The van der Waals surface area contributed by atoms with E-state index in [1.54, 1.807) is 31.2 Å². The van der Waals surface area contributed by atoms with E-state index in [2.05, 4.69) is 20.3 Å². The van der Waals surface area contributed by atoms with E-state index in [4.69, 9.17) is 16.2 Å². The van der Waals surface area contributed by atoms with Gasteiger partial charge in [0.15, 0.2) is 5.16 Å². The number of nitrogen functional groups attached to an aromatic ring is 2. The lowest BCUT2D eigenvalue weighted by Crippen LogP contribution is -2.22. The SMILES string of the molecule is CCOc1ccc(NC(=O)C(C)Sc2nc(N)nc(N)n2)cc1. The molecule has 2 aromatic rings. The first-order chi connectivity index (χ1) is 11.0. The number of nitrogens with zero attached hydrogens (tertiary/aromatic N) is 3. The zero-order valence-electron chi connectivity index (χ0n) is 12.8. The summed E-state index contributed by atoms with van der Waals surface area (Å²) in [5.41, 5.74) is 11.7. The van der Waals surface area contributed by atoms with Crippen LogP contribution in [0.4, 0.5) is 17.6 Å². The molecule has 0 saturated heterocycles. The topological polar surface area (TPSA) is 129 Å². The molecular formula is C14H18N6O2S. The molecule has 2 rings (SSSR count). The van der Waals surface area contributed by atoms with Gasteiger partial charge in [-0.05, 0) is 38.1 Å². The number of benzene rings is 1. The van der Waals surface area contributed by atoms with Crippen molar-refractivity contribution in [3.05, 3.63) is 24.3 Å². The maximum absolute atomic E-state index is 12.2. The third-order valence-electron chi connectivity index (χ3n) is 2.73. The normalized spacial score (nSPS) is 11.7. The third-order valence-corrected chi connectivity index (χ3v) is 3.69. The van der Waals surface area contributed by atoms with Crippen molar-refractivity contribution in [3.8, 4) is 5.75 Å². The standard InChI is InChI=1S/C14H18N6O2S/c1-3-22-10-6-4-9(5-7-10)17-11(21)8(2)23-14-19-12(15)18-13(16)20-14/h4-8H,3H2,1-2H3,(H,17,21)(H4,15,16,18,19,20). The maximum Gasteiger partial charge on any atom is 0.237 e. The third kappa shape index (κ3) is 4.99. The van der Waals surface area contributed by atoms with E-state index in [1.807, 2.05) is 6.92 Å². The van der Waals surface area contributed by atoms with Gasteiger partial charge < -0.3 is 21.5 Å². The predicted octanol–water partition coefficient (Wildman–Crippen LogP) is 1.55. The molecule has 0 aliphatic rings. The number of nitrogens with one attached hydrogen (secondary N) is 1. The van der Waals surface area contributed by atoms with E-state index < -0.39 is 5.25 Å². The zero-order chi connectivity index (χ0) is 16.8. The summed E-state index contributed by atoms with van der Waals surface area (Å²) in [5, 5.41) is 2.69. The summed E-state index contributed by atoms with van der Waals surface area (Å²) in [6, 6.07) is 7.15. The molecular weight excluding hydrogens is 316 g/mol. The molecule has 0 fully saturated rings. The lowest BCUT2D eigenvalue weighted by atomic mass is 10.3. The Morgan fingerprint density at radius 3 is 2.39 bits per heavy atom. The van der Waals surface area contributed by atoms with Crippen LogP contribution in [0, 0.1) is 0 Å². The van der Waals surface area contributed by atoms with Gasteiger partial charge in [0.2, 0.25) is 17.8 Å². The lowest BCUT2D eigenvalue weighted by Gasteiger charge is -2.12. The summed E-state index contributed by atoms with van der Waals surface area (Å²) in [6.45, 7) is 4.25. The first-order valence-corrected chi connectivity index (χ1v) is 7.83. The minimum Gasteiger partial charge on any atom is -0.494 e. The highest BCUT2D eigenvalue weighted by atomic mass is 32.2. The van der Waals surface area contributed by atoms with Crippen LogP contribution in [-0.4, -0.2) is 32.7 Å². The largest absolute Gasteiger partial charge is 0.494 e. The number of carbonyl (C=O) groups is 1. The molecule has 0 bridgehead atoms. The van der Waals surface area contributed by atoms with Crippen molar-refractivity contribution in [3.63, 3.8) is 0 Å². The van der Waals surface area contributed by atoms with Crippen LogP contribution in [0.15, 0.2) is 29.4 Å². The molecule has 122 valence electrons. The van der Waals surface area contributed by atoms with E-state index in [1.165, 1.54) is 0 Å². The van der Waals surface area contributed by atoms with Gasteiger partial charge in [-0.25, -0.2) is 0 Å². The summed E-state index contributed by atoms with van der Waals surface area (Å²) in [6.07, 6.45) is 0. The summed E-state index contributed by atoms with van der Waals surface area (Å²) in [7, 11) is 0. The number of ether oxygens (including phenoxy) is 1. The van der Waals surface area contributed by atoms with Gasteiger partial charge in [-0.1, -0.05) is 11.8 Å². The van der Waals surface area contributed by atoms with Crippen molar-refractivity contribution in [1.82, 2.24) is 15.0 Å². The Balaban J connectivity index is 1.96. The van der Waals surface area contributed by atoms with E-state index in [0.29, 0.717) is 17.5 Å². The molecule has 1 aromatic carbocycles. The molecule has 1 aromatic heterocycles. The molecule has 1 amide bonds. The van der Waals surface area contributed by atoms with Crippen LogP contribution in [-0.2, 0) is 4.79 Å². The van der Waals surface area contributed by atoms with Crippen LogP contribution in [0.1, 0.15) is 13.8 Å². The number of hydrogen-bond acceptors (Lipinski definition) is 8. The molecule has 23 heavy (non-hydrogen) atoms. The van der Waals surface area contributed by atoms with Crippen LogP contribution < -0.4 is 21.5 Å². The Morgan fingerprint density at radius 1 is 1.22 bits per heavy atom. The van der Waals surface area contributed by atoms with Crippen LogP contribution in [0.25, 0.3) is 0 Å². The highest BCUT2D eigenvalue weighted by Crippen LogP contribution is 2.22. The fourth-order valence-electron chi connectivity index (χ4n) is 1.70. The zero-order valence-corrected chi connectivity index (χ0v) is 13.6. The van der Waals surface area contributed by atoms with Crippen molar-refractivity contribution < 1.29 is 9.53 Å². The van der Waals surface area contributed by atoms with Crippen LogP contribution in [0.5, 0.6) is 5.75 Å². The van der Waals surface area contributed by atoms with Crippen molar-refractivity contribution in [2.24, 2.45) is 0 Å². The van der Waals surface area contributed by atoms with E-state index in [9.17, 15) is 4.79 Å². The average molecular weight is 334 g/mol. The van der Waals surface area contributed by atoms with E-state index in [0.717, 1.165) is 17.5 Å². The molecule has 5 N–H and O–H groups in total. The van der Waals surface area contributed by atoms with Gasteiger partial charge >= 0.3 is 0 Å². The van der Waals surface area contributed by atoms with E-state index in [-0.39, 0.29) is 17.8 Å². The lowest BCUT2D eigenvalue weighted by molar-refractivity contribution is -0.115. The average Bonchev–Trinajstić information content (AvgIpc) is 2.48. The first-order valence-electron chi connectivity index (χ1n) is 6.95. The van der Waals surface area contributed by atoms with E-state index >= 15 is 0 Å². The maximum atomic E-state index is 12.2. The molecule has 1 atom stereocenters. The highest BCUT2D eigenvalue weighted by Gasteiger charge is 2.17. The number of anilines is 3. The monoisotopic (exact) mass is 334 g/mol. The Hall–Kier alpha value is -2.55. The van der Waals surface area contributed by atoms with Gasteiger partial charge in [0.1, 0.15) is 5.75 Å². The second kappa shape index (κ2) is 7.63. The fraction of sp³-hybridized carbons (Fsp3) is 0.286. The molecule has 1 heterocycles. The summed E-state index contributed by atoms with van der Waals surface area (Å²) < 4.78 is 5.35. The molecule has 0 radical (unpaired) electrons. The van der Waals surface area contributed by atoms with Crippen LogP contribution in [0.2, 0.25) is 0 Å². The molecule has 0 spiro atoms. The minimum atomic E-state index is -0.428. The second-order valence-electron chi connectivity index (χ2n) is 4.54. The summed E-state index contributed by atoms with van der Waals surface area (Å²) in [5.74, 6) is 0.624. The van der Waals surface area contributed by atoms with Crippen LogP contribution in [0.3, 0.4) is 0 Å². The molecule has 0 aliphatic carbocycles. The number of amides is 1. The molecule has 0 aliphatic heterocycles. The van der Waals surface area contributed by atoms with Gasteiger partial charge in [-0.3, -0.25) is 4.79 Å². The van der Waals surface area contributed by atoms with Crippen molar-refractivity contribution in [2.45, 2.75) is 24.3 Å². The second-order valence-corrected chi connectivity index (χ2v) is 5.85. The fourth-order valence-corrected chi connectivity index (χ4v) is 2.47. The number of nitrogens with two attached hydrogens (primary N) is 2. The number of aromatic nitrogens is 3. The number of hydrogen-bond donors (Lipinski definition) is 3. The minimum absolute atomic E-state index is 0.0270. The summed E-state index contributed by atoms with van der Waals surface area (Å²) >= 11 is 1.15. The number of carbonyl (C=O) groups excluding carboxylic acids is 1. The Bertz CT molecular complexity index is 659. The predicted molar refractivity (Wildman–Crippen MR) is 90.2 cm³/mol. The summed E-state index contributed by atoms with van der Waals surface area (Å²) in [4.78, 5) is 23.8. The Kier molecular flexibility index (Phi) is 5.58. The molecule has 1 unspecified atom stereocenters. The van der Waals surface area contributed by atoms with Crippen molar-refractivity contribution in [1.29, 1.82) is 0 Å².